The highest BCUT2D eigenvalue weighted by molar-refractivity contribution is 5.86. The molecule has 0 bridgehead atoms. The number of amides is 1. The third kappa shape index (κ3) is 17.6. The van der Waals surface area contributed by atoms with Crippen LogP contribution in [-0.4, -0.2) is 34.1 Å². The van der Waals surface area contributed by atoms with E-state index in [0.29, 0.717) is 6.42 Å². The summed E-state index contributed by atoms with van der Waals surface area (Å²) in [5.41, 5.74) is 0. The van der Waals surface area contributed by atoms with Crippen LogP contribution >= 0.6 is 0 Å². The van der Waals surface area contributed by atoms with E-state index >= 15 is 0 Å². The number of aliphatic carboxylic acids is 2. The van der Waals surface area contributed by atoms with E-state index in [-0.39, 0.29) is 6.42 Å². The van der Waals surface area contributed by atoms with E-state index in [2.05, 4.69) is 24.4 Å². The van der Waals surface area contributed by atoms with Crippen LogP contribution in [0.1, 0.15) is 103 Å². The molecule has 6 nitrogen and oxygen atoms in total. The monoisotopic (exact) mass is 397 g/mol. The number of carboxylic acids is 2. The maximum atomic E-state index is 11.7. The largest absolute Gasteiger partial charge is 0.481 e. The first-order valence-corrected chi connectivity index (χ1v) is 10.9. The van der Waals surface area contributed by atoms with Crippen molar-refractivity contribution in [2.45, 2.75) is 109 Å². The molecule has 28 heavy (non-hydrogen) atoms. The fourth-order valence-corrected chi connectivity index (χ4v) is 3.00. The molecule has 162 valence electrons. The average molecular weight is 398 g/mol. The molecule has 1 atom stereocenters. The van der Waals surface area contributed by atoms with Gasteiger partial charge in [0.1, 0.15) is 6.04 Å². The Bertz CT molecular complexity index is 462. The quantitative estimate of drug-likeness (QED) is 0.209. The van der Waals surface area contributed by atoms with E-state index in [1.807, 2.05) is 0 Å². The molecule has 0 saturated heterocycles. The average Bonchev–Trinajstić information content (AvgIpc) is 2.64. The smallest absolute Gasteiger partial charge is 0.326 e. The Morgan fingerprint density at radius 3 is 1.79 bits per heavy atom. The van der Waals surface area contributed by atoms with Gasteiger partial charge in [-0.3, -0.25) is 9.59 Å². The molecule has 1 amide bonds. The van der Waals surface area contributed by atoms with Crippen LogP contribution in [0.3, 0.4) is 0 Å². The highest BCUT2D eigenvalue weighted by atomic mass is 16.4. The summed E-state index contributed by atoms with van der Waals surface area (Å²) in [6.07, 6.45) is 19.4. The molecule has 0 heterocycles. The minimum atomic E-state index is -1.35. The second kappa shape index (κ2) is 18.5. The first-order valence-electron chi connectivity index (χ1n) is 10.9. The van der Waals surface area contributed by atoms with Gasteiger partial charge < -0.3 is 15.5 Å². The summed E-state index contributed by atoms with van der Waals surface area (Å²) in [4.78, 5) is 33.2. The fraction of sp³-hybridized carbons (Fsp3) is 0.773. The summed E-state index contributed by atoms with van der Waals surface area (Å²) in [7, 11) is 0. The molecular formula is C22H39NO5. The maximum Gasteiger partial charge on any atom is 0.326 e. The minimum absolute atomic E-state index is 0.238. The van der Waals surface area contributed by atoms with Crippen molar-refractivity contribution in [1.29, 1.82) is 0 Å². The Morgan fingerprint density at radius 1 is 0.786 bits per heavy atom. The number of carbonyl (C=O) groups is 3. The van der Waals surface area contributed by atoms with Crippen molar-refractivity contribution in [3.63, 3.8) is 0 Å². The van der Waals surface area contributed by atoms with Crippen LogP contribution in [0.2, 0.25) is 0 Å². The molecule has 0 saturated carbocycles. The fourth-order valence-electron chi connectivity index (χ4n) is 3.00. The second-order valence-corrected chi connectivity index (χ2v) is 7.39. The number of hydrogen-bond donors (Lipinski definition) is 3. The minimum Gasteiger partial charge on any atom is -0.481 e. The van der Waals surface area contributed by atoms with Gasteiger partial charge in [0.2, 0.25) is 5.91 Å². The van der Waals surface area contributed by atoms with Gasteiger partial charge in [-0.25, -0.2) is 4.79 Å². The normalized spacial score (nSPS) is 12.2. The van der Waals surface area contributed by atoms with E-state index in [4.69, 9.17) is 10.2 Å². The summed E-state index contributed by atoms with van der Waals surface area (Å²) in [6, 6.07) is -1.35. The predicted octanol–water partition coefficient (Wildman–Crippen LogP) is 5.07. The zero-order valence-corrected chi connectivity index (χ0v) is 17.5. The number of allylic oxidation sites excluding steroid dienone is 2. The molecule has 0 aliphatic heterocycles. The van der Waals surface area contributed by atoms with Crippen molar-refractivity contribution >= 4 is 17.8 Å². The van der Waals surface area contributed by atoms with Crippen molar-refractivity contribution in [3.8, 4) is 0 Å². The molecule has 6 heteroatoms. The van der Waals surface area contributed by atoms with Crippen molar-refractivity contribution < 1.29 is 24.6 Å². The predicted molar refractivity (Wildman–Crippen MR) is 111 cm³/mol. The Hall–Kier alpha value is -1.85. The number of carbonyl (C=O) groups excluding carboxylic acids is 1. The number of rotatable bonds is 19. The van der Waals surface area contributed by atoms with Crippen LogP contribution in [0.25, 0.3) is 0 Å². The third-order valence-corrected chi connectivity index (χ3v) is 4.68. The van der Waals surface area contributed by atoms with E-state index in [0.717, 1.165) is 32.1 Å². The molecule has 3 N–H and O–H groups in total. The van der Waals surface area contributed by atoms with Crippen molar-refractivity contribution in [3.05, 3.63) is 12.2 Å². The van der Waals surface area contributed by atoms with Crippen molar-refractivity contribution in [1.82, 2.24) is 5.32 Å². The molecule has 0 aromatic rings. The Labute approximate surface area is 169 Å². The molecule has 0 fully saturated rings. The van der Waals surface area contributed by atoms with Crippen LogP contribution in [0.15, 0.2) is 12.2 Å². The van der Waals surface area contributed by atoms with Gasteiger partial charge in [-0.2, -0.15) is 0 Å². The molecule has 0 rings (SSSR count). The van der Waals surface area contributed by atoms with Crippen LogP contribution in [0.4, 0.5) is 0 Å². The summed E-state index contributed by atoms with van der Waals surface area (Å²) < 4.78 is 0. The van der Waals surface area contributed by atoms with Crippen molar-refractivity contribution in [2.75, 3.05) is 0 Å². The van der Waals surface area contributed by atoms with Gasteiger partial charge in [-0.15, -0.1) is 0 Å². The lowest BCUT2D eigenvalue weighted by Crippen LogP contribution is -2.42. The van der Waals surface area contributed by atoms with E-state index in [9.17, 15) is 14.4 Å². The number of nitrogens with one attached hydrogen (secondary N) is 1. The van der Waals surface area contributed by atoms with Gasteiger partial charge in [0, 0.05) is 6.42 Å². The lowest BCUT2D eigenvalue weighted by atomic mass is 10.1. The highest BCUT2D eigenvalue weighted by Crippen LogP contribution is 2.10. The first kappa shape index (κ1) is 26.1. The molecule has 0 aromatic carbocycles. The van der Waals surface area contributed by atoms with Gasteiger partial charge in [0.15, 0.2) is 0 Å². The maximum absolute atomic E-state index is 11.7. The van der Waals surface area contributed by atoms with Crippen LogP contribution < -0.4 is 5.32 Å². The SMILES string of the molecule is CCCCCCCCC=CCCCCCCCC(=O)N[C@@H](CC(=O)O)C(=O)O. The van der Waals surface area contributed by atoms with E-state index in [1.54, 1.807) is 0 Å². The van der Waals surface area contributed by atoms with Gasteiger partial charge in [0.25, 0.3) is 0 Å². The Balaban J connectivity index is 3.51. The standard InChI is InChI=1S/C22H39NO5/c1-2-3-4-5-6-7-8-9-10-11-12-13-14-15-16-17-20(24)23-19(22(27)28)18-21(25)26/h9-10,19H,2-8,11-18H2,1H3,(H,23,24)(H,25,26)(H,27,28)/t19-/m0/s1. The van der Waals surface area contributed by atoms with Gasteiger partial charge in [0.05, 0.1) is 6.42 Å². The lowest BCUT2D eigenvalue weighted by Gasteiger charge is -2.12. The molecule has 0 aromatic heterocycles. The molecule has 0 aliphatic carbocycles. The summed E-state index contributed by atoms with van der Waals surface area (Å²) in [6.45, 7) is 2.24. The van der Waals surface area contributed by atoms with Gasteiger partial charge in [-0.05, 0) is 32.1 Å². The van der Waals surface area contributed by atoms with Crippen LogP contribution in [0.5, 0.6) is 0 Å². The Kier molecular flexibility index (Phi) is 17.3. The van der Waals surface area contributed by atoms with E-state index in [1.165, 1.54) is 44.9 Å². The zero-order valence-electron chi connectivity index (χ0n) is 17.5. The number of hydrogen-bond acceptors (Lipinski definition) is 3. The topological polar surface area (TPSA) is 104 Å². The highest BCUT2D eigenvalue weighted by Gasteiger charge is 2.22. The second-order valence-electron chi connectivity index (χ2n) is 7.39. The molecule has 0 spiro atoms. The van der Waals surface area contributed by atoms with Crippen LogP contribution in [0, 0.1) is 0 Å². The van der Waals surface area contributed by atoms with Gasteiger partial charge >= 0.3 is 11.9 Å². The molecular weight excluding hydrogens is 358 g/mol. The summed E-state index contributed by atoms with van der Waals surface area (Å²) in [5.74, 6) is -2.96. The first-order chi connectivity index (χ1) is 13.5. The summed E-state index contributed by atoms with van der Waals surface area (Å²) in [5, 5.41) is 19.8. The molecule has 0 aliphatic rings. The van der Waals surface area contributed by atoms with Crippen LogP contribution in [-0.2, 0) is 14.4 Å². The number of unbranched alkanes of at least 4 members (excludes halogenated alkanes) is 11. The number of carboxylic acid groups (broad SMARTS) is 2. The third-order valence-electron chi connectivity index (χ3n) is 4.68. The lowest BCUT2D eigenvalue weighted by molar-refractivity contribution is -0.147. The summed E-state index contributed by atoms with van der Waals surface area (Å²) >= 11 is 0. The Morgan fingerprint density at radius 2 is 1.29 bits per heavy atom. The molecule has 0 unspecified atom stereocenters. The molecule has 0 radical (unpaired) electrons. The van der Waals surface area contributed by atoms with Crippen molar-refractivity contribution in [2.24, 2.45) is 0 Å². The zero-order chi connectivity index (χ0) is 21.0. The van der Waals surface area contributed by atoms with Gasteiger partial charge in [-0.1, -0.05) is 70.4 Å². The van der Waals surface area contributed by atoms with E-state index < -0.39 is 30.3 Å².